The summed E-state index contributed by atoms with van der Waals surface area (Å²) >= 11 is 0. The van der Waals surface area contributed by atoms with Crippen LogP contribution in [-0.4, -0.2) is 57.1 Å². The molecule has 1 aromatic rings. The van der Waals surface area contributed by atoms with Gasteiger partial charge in [-0.25, -0.2) is 8.42 Å². The van der Waals surface area contributed by atoms with Crippen LogP contribution in [0.5, 0.6) is 5.75 Å². The molecule has 1 N–H and O–H groups in total. The fraction of sp³-hybridized carbons (Fsp3) is 0.600. The highest BCUT2D eigenvalue weighted by molar-refractivity contribution is 7.91. The number of hydrogen-bond donors (Lipinski definition) is 1. The molecule has 1 atom stereocenters. The van der Waals surface area contributed by atoms with E-state index in [4.69, 9.17) is 4.74 Å². The molecule has 0 aromatic heterocycles. The minimum absolute atomic E-state index is 0.130. The van der Waals surface area contributed by atoms with E-state index in [1.807, 2.05) is 18.2 Å². The third-order valence-corrected chi connectivity index (χ3v) is 5.89. The van der Waals surface area contributed by atoms with Gasteiger partial charge in [0.15, 0.2) is 9.84 Å². The summed E-state index contributed by atoms with van der Waals surface area (Å²) in [6.45, 7) is 4.23. The van der Waals surface area contributed by atoms with Crippen molar-refractivity contribution in [3.8, 4) is 5.75 Å². The topological polar surface area (TPSA) is 58.6 Å². The summed E-state index contributed by atoms with van der Waals surface area (Å²) < 4.78 is 28.6. The minimum Gasteiger partial charge on any atom is -0.492 e. The van der Waals surface area contributed by atoms with E-state index in [1.165, 1.54) is 5.56 Å². The largest absolute Gasteiger partial charge is 0.492 e. The Morgan fingerprint density at radius 3 is 3.00 bits per heavy atom. The van der Waals surface area contributed by atoms with Crippen molar-refractivity contribution in [2.24, 2.45) is 0 Å². The average molecular weight is 310 g/mol. The molecule has 0 bridgehead atoms. The van der Waals surface area contributed by atoms with Crippen molar-refractivity contribution in [2.45, 2.75) is 19.0 Å². The third kappa shape index (κ3) is 3.96. The van der Waals surface area contributed by atoms with Crippen molar-refractivity contribution < 1.29 is 13.2 Å². The number of para-hydroxylation sites is 1. The second-order valence-corrected chi connectivity index (χ2v) is 8.02. The third-order valence-electron chi connectivity index (χ3n) is 4.13. The van der Waals surface area contributed by atoms with Gasteiger partial charge in [0, 0.05) is 37.8 Å². The lowest BCUT2D eigenvalue weighted by Crippen LogP contribution is -2.38. The Labute approximate surface area is 126 Å². The summed E-state index contributed by atoms with van der Waals surface area (Å²) in [5, 5.41) is 3.37. The molecule has 1 saturated heterocycles. The van der Waals surface area contributed by atoms with Gasteiger partial charge in [-0.3, -0.25) is 4.90 Å². The molecular weight excluding hydrogens is 288 g/mol. The zero-order valence-electron chi connectivity index (χ0n) is 12.1. The Balaban J connectivity index is 1.48. The van der Waals surface area contributed by atoms with Crippen LogP contribution in [0.25, 0.3) is 0 Å². The van der Waals surface area contributed by atoms with Gasteiger partial charge in [-0.15, -0.1) is 0 Å². The molecule has 1 fully saturated rings. The summed E-state index contributed by atoms with van der Waals surface area (Å²) in [4.78, 5) is 2.35. The summed E-state index contributed by atoms with van der Waals surface area (Å²) in [6, 6.07) is 8.28. The van der Waals surface area contributed by atoms with E-state index in [-0.39, 0.29) is 6.04 Å². The number of ether oxygens (including phenoxy) is 1. The lowest BCUT2D eigenvalue weighted by atomic mass is 10.2. The molecule has 2 aliphatic rings. The zero-order valence-corrected chi connectivity index (χ0v) is 12.9. The summed E-state index contributed by atoms with van der Waals surface area (Å²) in [6.07, 6.45) is 0.744. The smallest absolute Gasteiger partial charge is 0.151 e. The highest BCUT2D eigenvalue weighted by Crippen LogP contribution is 2.22. The average Bonchev–Trinajstić information content (AvgIpc) is 2.68. The molecule has 1 aromatic carbocycles. The van der Waals surface area contributed by atoms with E-state index in [0.717, 1.165) is 38.3 Å². The van der Waals surface area contributed by atoms with Crippen molar-refractivity contribution in [3.05, 3.63) is 29.8 Å². The molecule has 0 amide bonds. The molecule has 2 aliphatic heterocycles. The quantitative estimate of drug-likeness (QED) is 0.885. The van der Waals surface area contributed by atoms with Crippen LogP contribution in [-0.2, 0) is 16.4 Å². The fourth-order valence-electron chi connectivity index (χ4n) is 2.95. The minimum atomic E-state index is -2.79. The Kier molecular flexibility index (Phi) is 4.47. The first-order chi connectivity index (χ1) is 10.1. The molecule has 0 saturated carbocycles. The second kappa shape index (κ2) is 6.34. The Hall–Kier alpha value is -1.11. The van der Waals surface area contributed by atoms with Gasteiger partial charge in [-0.1, -0.05) is 18.2 Å². The number of fused-ring (bicyclic) bond motifs is 1. The standard InChI is InChI=1S/C15H22N2O3S/c18-21(19)10-5-14(12-21)16-6-7-17-8-9-20-15-4-2-1-3-13(15)11-17/h1-4,14,16H,5-12H2. The molecule has 0 radical (unpaired) electrons. The van der Waals surface area contributed by atoms with Crippen LogP contribution >= 0.6 is 0 Å². The first-order valence-corrected chi connectivity index (χ1v) is 9.31. The van der Waals surface area contributed by atoms with E-state index < -0.39 is 9.84 Å². The lowest BCUT2D eigenvalue weighted by Gasteiger charge is -2.20. The molecule has 0 spiro atoms. The lowest BCUT2D eigenvalue weighted by molar-refractivity contribution is 0.224. The maximum absolute atomic E-state index is 11.4. The summed E-state index contributed by atoms with van der Waals surface area (Å²) in [7, 11) is -2.79. The number of sulfone groups is 1. The molecule has 2 heterocycles. The van der Waals surface area contributed by atoms with Crippen molar-refractivity contribution in [1.29, 1.82) is 0 Å². The second-order valence-electron chi connectivity index (χ2n) is 5.79. The highest BCUT2D eigenvalue weighted by Gasteiger charge is 2.27. The maximum atomic E-state index is 11.4. The van der Waals surface area contributed by atoms with Crippen molar-refractivity contribution in [1.82, 2.24) is 10.2 Å². The predicted molar refractivity (Wildman–Crippen MR) is 82.3 cm³/mol. The summed E-state index contributed by atoms with van der Waals surface area (Å²) in [5.41, 5.74) is 1.22. The molecule has 1 unspecified atom stereocenters. The van der Waals surface area contributed by atoms with E-state index in [0.29, 0.717) is 18.1 Å². The van der Waals surface area contributed by atoms with Crippen LogP contribution in [0.2, 0.25) is 0 Å². The van der Waals surface area contributed by atoms with Gasteiger partial charge in [0.2, 0.25) is 0 Å². The van der Waals surface area contributed by atoms with Crippen LogP contribution in [0.4, 0.5) is 0 Å². The van der Waals surface area contributed by atoms with Gasteiger partial charge in [0.1, 0.15) is 12.4 Å². The number of nitrogens with zero attached hydrogens (tertiary/aromatic N) is 1. The maximum Gasteiger partial charge on any atom is 0.151 e. The predicted octanol–water partition coefficient (Wildman–Crippen LogP) is 0.658. The Morgan fingerprint density at radius 1 is 1.33 bits per heavy atom. The molecule has 6 heteroatoms. The van der Waals surface area contributed by atoms with Crippen LogP contribution in [0, 0.1) is 0 Å². The monoisotopic (exact) mass is 310 g/mol. The normalized spacial score (nSPS) is 25.0. The van der Waals surface area contributed by atoms with Gasteiger partial charge in [0.25, 0.3) is 0 Å². The van der Waals surface area contributed by atoms with E-state index in [9.17, 15) is 8.42 Å². The van der Waals surface area contributed by atoms with Crippen molar-refractivity contribution in [3.63, 3.8) is 0 Å². The fourth-order valence-corrected chi connectivity index (χ4v) is 4.66. The van der Waals surface area contributed by atoms with Crippen LogP contribution in [0.3, 0.4) is 0 Å². The summed E-state index contributed by atoms with van der Waals surface area (Å²) in [5.74, 6) is 1.60. The number of rotatable bonds is 4. The molecule has 21 heavy (non-hydrogen) atoms. The van der Waals surface area contributed by atoms with Gasteiger partial charge >= 0.3 is 0 Å². The van der Waals surface area contributed by atoms with Gasteiger partial charge in [-0.2, -0.15) is 0 Å². The zero-order chi connectivity index (χ0) is 14.7. The SMILES string of the molecule is O=S1(=O)CCC(NCCN2CCOc3ccccc3C2)C1. The van der Waals surface area contributed by atoms with Crippen molar-refractivity contribution >= 4 is 9.84 Å². The van der Waals surface area contributed by atoms with Crippen LogP contribution in [0.15, 0.2) is 24.3 Å². The van der Waals surface area contributed by atoms with Gasteiger partial charge < -0.3 is 10.1 Å². The molecule has 0 aliphatic carbocycles. The first-order valence-electron chi connectivity index (χ1n) is 7.49. The Morgan fingerprint density at radius 2 is 2.19 bits per heavy atom. The van der Waals surface area contributed by atoms with E-state index >= 15 is 0 Å². The van der Waals surface area contributed by atoms with Gasteiger partial charge in [0.05, 0.1) is 11.5 Å². The van der Waals surface area contributed by atoms with Crippen LogP contribution in [0.1, 0.15) is 12.0 Å². The van der Waals surface area contributed by atoms with Crippen molar-refractivity contribution in [2.75, 3.05) is 37.7 Å². The Bertz CT molecular complexity index is 588. The highest BCUT2D eigenvalue weighted by atomic mass is 32.2. The first kappa shape index (κ1) is 14.8. The molecule has 5 nitrogen and oxygen atoms in total. The van der Waals surface area contributed by atoms with Gasteiger partial charge in [-0.05, 0) is 12.5 Å². The number of hydrogen-bond acceptors (Lipinski definition) is 5. The number of nitrogens with one attached hydrogen (secondary N) is 1. The molecular formula is C15H22N2O3S. The van der Waals surface area contributed by atoms with E-state index in [1.54, 1.807) is 0 Å². The van der Waals surface area contributed by atoms with E-state index in [2.05, 4.69) is 16.3 Å². The number of benzene rings is 1. The molecule has 116 valence electrons. The molecule has 3 rings (SSSR count). The van der Waals surface area contributed by atoms with Crippen LogP contribution < -0.4 is 10.1 Å².